The second-order valence-corrected chi connectivity index (χ2v) is 9.50. The third kappa shape index (κ3) is 2.11. The molecule has 0 aromatic heterocycles. The van der Waals surface area contributed by atoms with E-state index in [0.717, 1.165) is 18.6 Å². The standard InChI is InChI=1S/C21H22ClIO/c1-19(2)11-21(14-8-6-5-7-13(14)19)12-20(3,4)15-9-17(22)18(24-23)10-16(15)21/h5-10H,11-12H2,1-4H3. The molecule has 0 fully saturated rings. The van der Waals surface area contributed by atoms with E-state index in [1.807, 2.05) is 23.0 Å². The van der Waals surface area contributed by atoms with Crippen molar-refractivity contribution in [2.24, 2.45) is 0 Å². The molecular weight excluding hydrogens is 431 g/mol. The van der Waals surface area contributed by atoms with Crippen LogP contribution in [-0.4, -0.2) is 0 Å². The van der Waals surface area contributed by atoms with Crippen LogP contribution in [0.1, 0.15) is 62.8 Å². The molecule has 2 aliphatic rings. The van der Waals surface area contributed by atoms with E-state index in [2.05, 4.69) is 64.1 Å². The molecule has 1 unspecified atom stereocenters. The topological polar surface area (TPSA) is 9.23 Å². The molecule has 1 atom stereocenters. The Bertz CT molecular complexity index is 840. The maximum Gasteiger partial charge on any atom is 0.192 e. The van der Waals surface area contributed by atoms with E-state index in [1.165, 1.54) is 22.3 Å². The molecule has 0 saturated heterocycles. The lowest BCUT2D eigenvalue weighted by atomic mass is 9.72. The van der Waals surface area contributed by atoms with E-state index in [4.69, 9.17) is 14.7 Å². The molecule has 0 amide bonds. The number of benzene rings is 2. The fourth-order valence-corrected chi connectivity index (χ4v) is 6.04. The Balaban J connectivity index is 2.04. The first kappa shape index (κ1) is 16.7. The summed E-state index contributed by atoms with van der Waals surface area (Å²) in [4.78, 5) is 0. The minimum absolute atomic E-state index is 0.0629. The highest BCUT2D eigenvalue weighted by Crippen LogP contribution is 2.63. The maximum absolute atomic E-state index is 6.46. The average molecular weight is 453 g/mol. The van der Waals surface area contributed by atoms with Gasteiger partial charge in [0.25, 0.3) is 0 Å². The molecule has 0 radical (unpaired) electrons. The molecule has 0 bridgehead atoms. The van der Waals surface area contributed by atoms with Gasteiger partial charge in [0, 0.05) is 5.41 Å². The maximum atomic E-state index is 6.46. The van der Waals surface area contributed by atoms with Crippen molar-refractivity contribution >= 4 is 34.6 Å². The summed E-state index contributed by atoms with van der Waals surface area (Å²) in [5, 5.41) is 0.707. The van der Waals surface area contributed by atoms with Crippen LogP contribution in [0.25, 0.3) is 0 Å². The van der Waals surface area contributed by atoms with E-state index in [9.17, 15) is 0 Å². The Labute approximate surface area is 163 Å². The largest absolute Gasteiger partial charge is 0.426 e. The van der Waals surface area contributed by atoms with Gasteiger partial charge in [0.05, 0.1) is 5.02 Å². The van der Waals surface area contributed by atoms with Gasteiger partial charge < -0.3 is 3.07 Å². The van der Waals surface area contributed by atoms with Crippen molar-refractivity contribution in [3.8, 4) is 5.75 Å². The molecule has 1 nitrogen and oxygen atoms in total. The minimum atomic E-state index is 0.0629. The first-order valence-corrected chi connectivity index (χ1v) is 9.70. The Hall–Kier alpha value is -0.740. The number of hydrogen-bond donors (Lipinski definition) is 0. The van der Waals surface area contributed by atoms with Crippen LogP contribution in [0, 0.1) is 0 Å². The van der Waals surface area contributed by atoms with Crippen molar-refractivity contribution in [3.63, 3.8) is 0 Å². The zero-order valence-electron chi connectivity index (χ0n) is 14.5. The Morgan fingerprint density at radius 1 is 0.875 bits per heavy atom. The van der Waals surface area contributed by atoms with Crippen LogP contribution in [-0.2, 0) is 16.2 Å². The zero-order chi connectivity index (χ0) is 17.3. The molecule has 2 aromatic rings. The lowest BCUT2D eigenvalue weighted by molar-refractivity contribution is 0.349. The van der Waals surface area contributed by atoms with Gasteiger partial charge in [-0.05, 0) is 58.1 Å². The third-order valence-corrected chi connectivity index (χ3v) is 6.83. The highest BCUT2D eigenvalue weighted by Gasteiger charge is 2.56. The fraction of sp³-hybridized carbons (Fsp3) is 0.429. The molecule has 3 heteroatoms. The summed E-state index contributed by atoms with van der Waals surface area (Å²) in [6.07, 6.45) is 2.26. The van der Waals surface area contributed by atoms with Crippen LogP contribution in [0.4, 0.5) is 0 Å². The predicted octanol–water partition coefficient (Wildman–Crippen LogP) is 6.72. The molecule has 0 saturated carbocycles. The van der Waals surface area contributed by atoms with Crippen molar-refractivity contribution in [2.45, 2.75) is 56.8 Å². The van der Waals surface area contributed by atoms with E-state index >= 15 is 0 Å². The molecule has 0 heterocycles. The van der Waals surface area contributed by atoms with Gasteiger partial charge in [0.2, 0.25) is 0 Å². The quantitative estimate of drug-likeness (QED) is 0.437. The average Bonchev–Trinajstić information content (AvgIpc) is 2.87. The number of fused-ring (bicyclic) bond motifs is 4. The van der Waals surface area contributed by atoms with Crippen molar-refractivity contribution < 1.29 is 3.07 Å². The van der Waals surface area contributed by atoms with Crippen LogP contribution in [0.15, 0.2) is 36.4 Å². The Morgan fingerprint density at radius 2 is 1.46 bits per heavy atom. The molecular formula is C21H22ClIO. The summed E-state index contributed by atoms with van der Waals surface area (Å²) >= 11 is 8.38. The Morgan fingerprint density at radius 3 is 2.08 bits per heavy atom. The smallest absolute Gasteiger partial charge is 0.192 e. The second-order valence-electron chi connectivity index (χ2n) is 8.65. The summed E-state index contributed by atoms with van der Waals surface area (Å²) in [5.41, 5.74) is 6.10. The molecule has 1 spiro atoms. The van der Waals surface area contributed by atoms with Crippen molar-refractivity contribution in [1.29, 1.82) is 0 Å². The van der Waals surface area contributed by atoms with Crippen LogP contribution >= 0.6 is 34.6 Å². The van der Waals surface area contributed by atoms with E-state index in [-0.39, 0.29) is 16.2 Å². The van der Waals surface area contributed by atoms with Gasteiger partial charge in [-0.3, -0.25) is 0 Å². The predicted molar refractivity (Wildman–Crippen MR) is 109 cm³/mol. The van der Waals surface area contributed by atoms with E-state index < -0.39 is 0 Å². The minimum Gasteiger partial charge on any atom is -0.426 e. The molecule has 4 rings (SSSR count). The zero-order valence-corrected chi connectivity index (χ0v) is 17.5. The van der Waals surface area contributed by atoms with Crippen molar-refractivity contribution in [1.82, 2.24) is 0 Å². The molecule has 126 valence electrons. The summed E-state index contributed by atoms with van der Waals surface area (Å²) in [5.74, 6) is 0.773. The highest BCUT2D eigenvalue weighted by molar-refractivity contribution is 14.1. The summed E-state index contributed by atoms with van der Waals surface area (Å²) in [6, 6.07) is 13.3. The second kappa shape index (κ2) is 5.14. The molecule has 2 aliphatic carbocycles. The van der Waals surface area contributed by atoms with Gasteiger partial charge in [-0.1, -0.05) is 63.6 Å². The fourth-order valence-electron chi connectivity index (χ4n) is 5.35. The van der Waals surface area contributed by atoms with E-state index in [0.29, 0.717) is 5.02 Å². The summed E-state index contributed by atoms with van der Waals surface area (Å²) < 4.78 is 5.52. The normalized spacial score (nSPS) is 25.6. The van der Waals surface area contributed by atoms with Gasteiger partial charge in [0.1, 0.15) is 0 Å². The van der Waals surface area contributed by atoms with Crippen LogP contribution in [0.3, 0.4) is 0 Å². The van der Waals surface area contributed by atoms with E-state index in [1.54, 1.807) is 0 Å². The summed E-state index contributed by atoms with van der Waals surface area (Å²) in [6.45, 7) is 9.43. The lowest BCUT2D eigenvalue weighted by Crippen LogP contribution is -2.26. The monoisotopic (exact) mass is 452 g/mol. The Kier molecular flexibility index (Phi) is 3.58. The van der Waals surface area contributed by atoms with Gasteiger partial charge in [0.15, 0.2) is 28.8 Å². The van der Waals surface area contributed by atoms with Gasteiger partial charge in [-0.2, -0.15) is 0 Å². The van der Waals surface area contributed by atoms with Gasteiger partial charge in [-0.15, -0.1) is 0 Å². The first-order valence-electron chi connectivity index (χ1n) is 8.44. The third-order valence-electron chi connectivity index (χ3n) is 6.06. The lowest BCUT2D eigenvalue weighted by Gasteiger charge is -2.30. The highest BCUT2D eigenvalue weighted by atomic mass is 127. The molecule has 24 heavy (non-hydrogen) atoms. The SMILES string of the molecule is CC1(C)CC2(CC(C)(C)c3cc(Cl)c(OI)cc32)c2ccccc21. The first-order chi connectivity index (χ1) is 11.2. The van der Waals surface area contributed by atoms with Crippen LogP contribution in [0.2, 0.25) is 5.02 Å². The number of rotatable bonds is 1. The van der Waals surface area contributed by atoms with Crippen LogP contribution in [0.5, 0.6) is 5.75 Å². The molecule has 0 N–H and O–H groups in total. The van der Waals surface area contributed by atoms with Crippen molar-refractivity contribution in [3.05, 3.63) is 63.7 Å². The number of hydrogen-bond acceptors (Lipinski definition) is 1. The molecule has 2 aromatic carbocycles. The van der Waals surface area contributed by atoms with Gasteiger partial charge >= 0.3 is 0 Å². The van der Waals surface area contributed by atoms with Crippen LogP contribution < -0.4 is 3.07 Å². The van der Waals surface area contributed by atoms with Gasteiger partial charge in [-0.25, -0.2) is 0 Å². The summed E-state index contributed by atoms with van der Waals surface area (Å²) in [7, 11) is 0. The molecule has 0 aliphatic heterocycles. The van der Waals surface area contributed by atoms with Crippen molar-refractivity contribution in [2.75, 3.05) is 0 Å². The number of halogens is 2.